The van der Waals surface area contributed by atoms with Crippen molar-refractivity contribution >= 4 is 22.5 Å². The van der Waals surface area contributed by atoms with Crippen molar-refractivity contribution in [1.29, 1.82) is 0 Å². The molecule has 0 atom stereocenters. The summed E-state index contributed by atoms with van der Waals surface area (Å²) in [5.74, 6) is 0.0472. The van der Waals surface area contributed by atoms with E-state index in [2.05, 4.69) is 15.3 Å². The van der Waals surface area contributed by atoms with Crippen LogP contribution >= 0.6 is 0 Å². The van der Waals surface area contributed by atoms with Crippen molar-refractivity contribution in [2.75, 3.05) is 5.32 Å². The second kappa shape index (κ2) is 7.01. The molecule has 0 unspecified atom stereocenters. The van der Waals surface area contributed by atoms with E-state index in [1.165, 1.54) is 6.26 Å². The van der Waals surface area contributed by atoms with E-state index in [0.717, 1.165) is 27.7 Å². The molecule has 0 aliphatic carbocycles. The number of aryl methyl sites for hydroxylation is 4. The minimum Gasteiger partial charge on any atom is -0.448 e. The first-order chi connectivity index (χ1) is 13.8. The Hall–Kier alpha value is -3.74. The Morgan fingerprint density at radius 3 is 2.62 bits per heavy atom. The fourth-order valence-electron chi connectivity index (χ4n) is 3.31. The van der Waals surface area contributed by atoms with Gasteiger partial charge in [0.25, 0.3) is 11.5 Å². The number of carbonyl (C=O) groups is 1. The van der Waals surface area contributed by atoms with Crippen LogP contribution < -0.4 is 10.9 Å². The van der Waals surface area contributed by atoms with Crippen molar-refractivity contribution in [2.24, 2.45) is 7.05 Å². The first kappa shape index (κ1) is 18.6. The lowest BCUT2D eigenvalue weighted by molar-refractivity contribution is 0.102. The highest BCUT2D eigenvalue weighted by Crippen LogP contribution is 2.27. The maximum atomic E-state index is 13.0. The Morgan fingerprint density at radius 2 is 1.90 bits per heavy atom. The SMILES string of the molecule is Cc1cc2c(cn1)cc(-c1cc(NC(=O)c3coc(C)n3)ccc1C)c(=O)n2C. The Labute approximate surface area is 167 Å². The van der Waals surface area contributed by atoms with Crippen LogP contribution in [0.5, 0.6) is 0 Å². The molecule has 0 aliphatic rings. The molecule has 1 aromatic carbocycles. The van der Waals surface area contributed by atoms with Crippen LogP contribution in [0, 0.1) is 20.8 Å². The van der Waals surface area contributed by atoms with Crippen LogP contribution in [0.3, 0.4) is 0 Å². The maximum absolute atomic E-state index is 13.0. The van der Waals surface area contributed by atoms with Crippen molar-refractivity contribution < 1.29 is 9.21 Å². The van der Waals surface area contributed by atoms with Crippen LogP contribution in [-0.4, -0.2) is 20.4 Å². The molecule has 4 rings (SSSR count). The molecule has 7 nitrogen and oxygen atoms in total. The van der Waals surface area contributed by atoms with Crippen molar-refractivity contribution in [1.82, 2.24) is 14.5 Å². The number of nitrogens with one attached hydrogen (secondary N) is 1. The summed E-state index contributed by atoms with van der Waals surface area (Å²) >= 11 is 0. The quantitative estimate of drug-likeness (QED) is 0.577. The largest absolute Gasteiger partial charge is 0.448 e. The van der Waals surface area contributed by atoms with Gasteiger partial charge in [0, 0.05) is 42.5 Å². The predicted octanol–water partition coefficient (Wildman–Crippen LogP) is 3.77. The van der Waals surface area contributed by atoms with E-state index in [4.69, 9.17) is 4.42 Å². The van der Waals surface area contributed by atoms with Crippen LogP contribution in [0.25, 0.3) is 22.0 Å². The van der Waals surface area contributed by atoms with Gasteiger partial charge >= 0.3 is 0 Å². The van der Waals surface area contributed by atoms with Gasteiger partial charge in [-0.05, 0) is 49.2 Å². The molecule has 1 N–H and O–H groups in total. The van der Waals surface area contributed by atoms with Gasteiger partial charge in [-0.1, -0.05) is 6.07 Å². The summed E-state index contributed by atoms with van der Waals surface area (Å²) in [4.78, 5) is 33.8. The molecule has 0 saturated carbocycles. The molecule has 0 aliphatic heterocycles. The predicted molar refractivity (Wildman–Crippen MR) is 111 cm³/mol. The zero-order valence-electron chi connectivity index (χ0n) is 16.6. The molecule has 146 valence electrons. The second-order valence-electron chi connectivity index (χ2n) is 7.04. The number of nitrogens with zero attached hydrogens (tertiary/aromatic N) is 3. The highest BCUT2D eigenvalue weighted by atomic mass is 16.3. The number of fused-ring (bicyclic) bond motifs is 1. The zero-order chi connectivity index (χ0) is 20.7. The number of hydrogen-bond acceptors (Lipinski definition) is 5. The fraction of sp³-hybridized carbons (Fsp3) is 0.182. The monoisotopic (exact) mass is 388 g/mol. The van der Waals surface area contributed by atoms with Crippen LogP contribution in [0.4, 0.5) is 5.69 Å². The summed E-state index contributed by atoms with van der Waals surface area (Å²) in [6, 6.07) is 9.20. The number of carbonyl (C=O) groups excluding carboxylic acids is 1. The molecule has 0 spiro atoms. The van der Waals surface area contributed by atoms with E-state index >= 15 is 0 Å². The third-order valence-electron chi connectivity index (χ3n) is 4.88. The van der Waals surface area contributed by atoms with Gasteiger partial charge in [-0.2, -0.15) is 0 Å². The fourth-order valence-corrected chi connectivity index (χ4v) is 3.31. The normalized spacial score (nSPS) is 11.0. The van der Waals surface area contributed by atoms with Gasteiger partial charge in [-0.25, -0.2) is 4.98 Å². The standard InChI is InChI=1S/C22H20N4O3/c1-12-5-6-16(25-21(27)19-11-29-14(3)24-19)9-17(12)18-8-15-10-23-13(2)7-20(15)26(4)22(18)28/h5-11H,1-4H3,(H,25,27). The Kier molecular flexibility index (Phi) is 4.50. The van der Waals surface area contributed by atoms with Gasteiger partial charge in [0.05, 0.1) is 5.52 Å². The Balaban J connectivity index is 1.78. The number of hydrogen-bond donors (Lipinski definition) is 1. The second-order valence-corrected chi connectivity index (χ2v) is 7.04. The van der Waals surface area contributed by atoms with Crippen molar-refractivity contribution in [2.45, 2.75) is 20.8 Å². The molecule has 0 bridgehead atoms. The number of amides is 1. The lowest BCUT2D eigenvalue weighted by atomic mass is 9.99. The number of rotatable bonds is 3. The molecule has 0 radical (unpaired) electrons. The van der Waals surface area contributed by atoms with E-state index in [0.29, 0.717) is 17.1 Å². The number of oxazole rings is 1. The molecular formula is C22H20N4O3. The van der Waals surface area contributed by atoms with Gasteiger partial charge in [0.15, 0.2) is 11.6 Å². The zero-order valence-corrected chi connectivity index (χ0v) is 16.6. The van der Waals surface area contributed by atoms with Crippen molar-refractivity contribution in [3.05, 3.63) is 76.0 Å². The summed E-state index contributed by atoms with van der Waals surface area (Å²) < 4.78 is 6.72. The van der Waals surface area contributed by atoms with E-state index in [1.54, 1.807) is 36.9 Å². The molecule has 3 aromatic heterocycles. The van der Waals surface area contributed by atoms with Crippen LogP contribution in [0.1, 0.15) is 27.6 Å². The van der Waals surface area contributed by atoms with E-state index in [-0.39, 0.29) is 17.2 Å². The van der Waals surface area contributed by atoms with Crippen molar-refractivity contribution in [3.63, 3.8) is 0 Å². The highest BCUT2D eigenvalue weighted by Gasteiger charge is 2.15. The minimum absolute atomic E-state index is 0.109. The third kappa shape index (κ3) is 3.42. The van der Waals surface area contributed by atoms with Crippen LogP contribution in [-0.2, 0) is 7.05 Å². The molecular weight excluding hydrogens is 368 g/mol. The highest BCUT2D eigenvalue weighted by molar-refractivity contribution is 6.03. The van der Waals surface area contributed by atoms with Gasteiger partial charge in [0.1, 0.15) is 6.26 Å². The lowest BCUT2D eigenvalue weighted by Crippen LogP contribution is -2.19. The van der Waals surface area contributed by atoms with Crippen LogP contribution in [0.15, 0.2) is 52.0 Å². The minimum atomic E-state index is -0.372. The Bertz CT molecular complexity index is 1320. The molecule has 0 fully saturated rings. The number of pyridine rings is 2. The van der Waals surface area contributed by atoms with Gasteiger partial charge in [-0.15, -0.1) is 0 Å². The summed E-state index contributed by atoms with van der Waals surface area (Å²) in [6.45, 7) is 5.50. The smallest absolute Gasteiger partial charge is 0.277 e. The average molecular weight is 388 g/mol. The van der Waals surface area contributed by atoms with Gasteiger partial charge in [-0.3, -0.25) is 14.6 Å². The maximum Gasteiger partial charge on any atom is 0.277 e. The molecule has 1 amide bonds. The summed E-state index contributed by atoms with van der Waals surface area (Å²) in [7, 11) is 1.75. The summed E-state index contributed by atoms with van der Waals surface area (Å²) in [6.07, 6.45) is 3.08. The molecule has 4 aromatic rings. The van der Waals surface area contributed by atoms with E-state index in [9.17, 15) is 9.59 Å². The summed E-state index contributed by atoms with van der Waals surface area (Å²) in [5.41, 5.74) is 4.57. The number of aromatic nitrogens is 3. The number of benzene rings is 1. The molecule has 3 heterocycles. The Morgan fingerprint density at radius 1 is 1.10 bits per heavy atom. The molecule has 29 heavy (non-hydrogen) atoms. The first-order valence-electron chi connectivity index (χ1n) is 9.14. The molecule has 0 saturated heterocycles. The van der Waals surface area contributed by atoms with Gasteiger partial charge < -0.3 is 14.3 Å². The van der Waals surface area contributed by atoms with Gasteiger partial charge in [0.2, 0.25) is 0 Å². The third-order valence-corrected chi connectivity index (χ3v) is 4.88. The van der Waals surface area contributed by atoms with E-state index in [1.807, 2.05) is 32.0 Å². The van der Waals surface area contributed by atoms with Crippen molar-refractivity contribution in [3.8, 4) is 11.1 Å². The lowest BCUT2D eigenvalue weighted by Gasteiger charge is -2.13. The summed E-state index contributed by atoms with van der Waals surface area (Å²) in [5, 5.41) is 3.68. The van der Waals surface area contributed by atoms with Crippen LogP contribution in [0.2, 0.25) is 0 Å². The molecule has 7 heteroatoms. The average Bonchev–Trinajstić information content (AvgIpc) is 3.13. The first-order valence-corrected chi connectivity index (χ1v) is 9.14. The van der Waals surface area contributed by atoms with E-state index < -0.39 is 0 Å². The number of anilines is 1. The topological polar surface area (TPSA) is 90.0 Å².